The Hall–Kier alpha value is -2.04. The molecule has 5 nitrogen and oxygen atoms in total. The van der Waals surface area contributed by atoms with Gasteiger partial charge >= 0.3 is 0 Å². The first-order chi connectivity index (χ1) is 11.4. The number of phenolic OH excluding ortho intramolecular Hbond substituents is 1. The number of aromatic hydroxyl groups is 1. The molecular weight excluding hydrogens is 304 g/mol. The van der Waals surface area contributed by atoms with Crippen molar-refractivity contribution in [3.8, 4) is 5.75 Å². The number of piperidine rings is 2. The van der Waals surface area contributed by atoms with Crippen LogP contribution < -0.4 is 0 Å². The Kier molecular flexibility index (Phi) is 4.52. The molecule has 3 rings (SSSR count). The number of nitrogens with zero attached hydrogens (tertiary/aromatic N) is 2. The Bertz CT molecular complexity index is 648. The minimum absolute atomic E-state index is 0.0562. The van der Waals surface area contributed by atoms with Crippen molar-refractivity contribution in [2.45, 2.75) is 39.5 Å². The Morgan fingerprint density at radius 1 is 1.25 bits per heavy atom. The van der Waals surface area contributed by atoms with E-state index in [-0.39, 0.29) is 23.0 Å². The minimum atomic E-state index is -0.0958. The summed E-state index contributed by atoms with van der Waals surface area (Å²) in [5.74, 6) is 0.216. The maximum atomic E-state index is 12.7. The topological polar surface area (TPSA) is 60.9 Å². The van der Waals surface area contributed by atoms with Crippen LogP contribution in [0.2, 0.25) is 0 Å². The Morgan fingerprint density at radius 2 is 1.96 bits per heavy atom. The first kappa shape index (κ1) is 16.8. The lowest BCUT2D eigenvalue weighted by Gasteiger charge is -2.47. The van der Waals surface area contributed by atoms with E-state index in [2.05, 4.69) is 0 Å². The molecule has 0 radical (unpaired) electrons. The number of carbonyl (C=O) groups excluding carboxylic acids is 2. The number of hydrogen-bond donors (Lipinski definition) is 1. The van der Waals surface area contributed by atoms with Crippen LogP contribution in [0.25, 0.3) is 0 Å². The van der Waals surface area contributed by atoms with E-state index in [9.17, 15) is 14.7 Å². The van der Waals surface area contributed by atoms with Gasteiger partial charge in [-0.05, 0) is 56.2 Å². The lowest BCUT2D eigenvalue weighted by atomic mass is 9.72. The molecular formula is C19H26N2O3. The molecule has 0 unspecified atom stereocenters. The fourth-order valence-corrected chi connectivity index (χ4v) is 3.98. The standard InChI is InChI=1S/C19H26N2O3/c1-3-20-13-19(7-6-17(20)23)8-10-21(11-9-19)18(24)15-5-4-14(2)12-16(15)22/h4-5,12,22H,3,6-11,13H2,1-2H3. The highest BCUT2D eigenvalue weighted by Crippen LogP contribution is 2.40. The molecule has 2 fully saturated rings. The molecule has 0 atom stereocenters. The molecule has 1 aromatic rings. The second kappa shape index (κ2) is 6.46. The Morgan fingerprint density at radius 3 is 2.58 bits per heavy atom. The first-order valence-electron chi connectivity index (χ1n) is 8.81. The third-order valence-electron chi connectivity index (χ3n) is 5.62. The number of phenols is 1. The van der Waals surface area contributed by atoms with Gasteiger partial charge in [0.2, 0.25) is 5.91 Å². The quantitative estimate of drug-likeness (QED) is 0.906. The summed E-state index contributed by atoms with van der Waals surface area (Å²) >= 11 is 0. The summed E-state index contributed by atoms with van der Waals surface area (Å²) in [5, 5.41) is 10.0. The van der Waals surface area contributed by atoms with Crippen LogP contribution in [-0.2, 0) is 4.79 Å². The number of likely N-dealkylation sites (tertiary alicyclic amines) is 2. The third-order valence-corrected chi connectivity index (χ3v) is 5.62. The number of benzene rings is 1. The lowest BCUT2D eigenvalue weighted by Crippen LogP contribution is -2.52. The van der Waals surface area contributed by atoms with Crippen molar-refractivity contribution in [3.05, 3.63) is 29.3 Å². The molecule has 2 aliphatic rings. The summed E-state index contributed by atoms with van der Waals surface area (Å²) in [6.45, 7) is 6.88. The zero-order valence-corrected chi connectivity index (χ0v) is 14.5. The number of hydrogen-bond acceptors (Lipinski definition) is 3. The van der Waals surface area contributed by atoms with Gasteiger partial charge < -0.3 is 14.9 Å². The summed E-state index contributed by atoms with van der Waals surface area (Å²) in [6, 6.07) is 5.18. The van der Waals surface area contributed by atoms with Gasteiger partial charge in [-0.1, -0.05) is 6.07 Å². The summed E-state index contributed by atoms with van der Waals surface area (Å²) in [6.07, 6.45) is 3.41. The zero-order chi connectivity index (χ0) is 17.3. The van der Waals surface area contributed by atoms with Gasteiger partial charge in [-0.2, -0.15) is 0 Å². The molecule has 0 aromatic heterocycles. The van der Waals surface area contributed by atoms with Gasteiger partial charge in [0.25, 0.3) is 5.91 Å². The lowest BCUT2D eigenvalue weighted by molar-refractivity contribution is -0.138. The number of carbonyl (C=O) groups is 2. The van der Waals surface area contributed by atoms with Crippen molar-refractivity contribution in [2.75, 3.05) is 26.2 Å². The normalized spacial score (nSPS) is 20.5. The number of amides is 2. The van der Waals surface area contributed by atoms with E-state index in [1.807, 2.05) is 29.7 Å². The second-order valence-electron chi connectivity index (χ2n) is 7.22. The molecule has 130 valence electrons. The summed E-state index contributed by atoms with van der Waals surface area (Å²) in [7, 11) is 0. The van der Waals surface area contributed by atoms with Crippen LogP contribution in [0.4, 0.5) is 0 Å². The van der Waals surface area contributed by atoms with Crippen LogP contribution >= 0.6 is 0 Å². The van der Waals surface area contributed by atoms with Crippen molar-refractivity contribution in [1.82, 2.24) is 9.80 Å². The summed E-state index contributed by atoms with van der Waals surface area (Å²) in [5.41, 5.74) is 1.48. The van der Waals surface area contributed by atoms with Crippen molar-refractivity contribution >= 4 is 11.8 Å². The van der Waals surface area contributed by atoms with Crippen LogP contribution in [0.3, 0.4) is 0 Å². The van der Waals surface area contributed by atoms with E-state index in [0.717, 1.165) is 37.9 Å². The highest BCUT2D eigenvalue weighted by molar-refractivity contribution is 5.97. The molecule has 0 bridgehead atoms. The van der Waals surface area contributed by atoms with Gasteiger partial charge in [-0.15, -0.1) is 0 Å². The van der Waals surface area contributed by atoms with Gasteiger partial charge in [0.05, 0.1) is 5.56 Å². The van der Waals surface area contributed by atoms with Gasteiger partial charge in [-0.25, -0.2) is 0 Å². The van der Waals surface area contributed by atoms with Gasteiger partial charge in [0, 0.05) is 32.6 Å². The van der Waals surface area contributed by atoms with E-state index in [1.165, 1.54) is 0 Å². The minimum Gasteiger partial charge on any atom is -0.507 e. The van der Waals surface area contributed by atoms with Crippen LogP contribution in [-0.4, -0.2) is 52.9 Å². The molecule has 1 spiro atoms. The molecule has 0 aliphatic carbocycles. The molecule has 0 saturated carbocycles. The average Bonchev–Trinajstić information content (AvgIpc) is 2.57. The van der Waals surface area contributed by atoms with E-state index in [4.69, 9.17) is 0 Å². The number of rotatable bonds is 2. The fourth-order valence-electron chi connectivity index (χ4n) is 3.98. The SMILES string of the molecule is CCN1CC2(CCC1=O)CCN(C(=O)c1ccc(C)cc1O)CC2. The van der Waals surface area contributed by atoms with E-state index in [0.29, 0.717) is 25.1 Å². The maximum absolute atomic E-state index is 12.7. The summed E-state index contributed by atoms with van der Waals surface area (Å²) in [4.78, 5) is 28.4. The molecule has 2 heterocycles. The number of aryl methyl sites for hydroxylation is 1. The van der Waals surface area contributed by atoms with E-state index >= 15 is 0 Å². The molecule has 2 amide bonds. The molecule has 24 heavy (non-hydrogen) atoms. The van der Waals surface area contributed by atoms with Crippen LogP contribution in [0.1, 0.15) is 48.5 Å². The van der Waals surface area contributed by atoms with E-state index in [1.54, 1.807) is 12.1 Å². The van der Waals surface area contributed by atoms with E-state index < -0.39 is 0 Å². The zero-order valence-electron chi connectivity index (χ0n) is 14.5. The van der Waals surface area contributed by atoms with Gasteiger partial charge in [0.15, 0.2) is 0 Å². The Labute approximate surface area is 143 Å². The Balaban J connectivity index is 1.66. The van der Waals surface area contributed by atoms with Crippen LogP contribution in [0.15, 0.2) is 18.2 Å². The predicted octanol–water partition coefficient (Wildman–Crippen LogP) is 2.57. The third kappa shape index (κ3) is 3.12. The van der Waals surface area contributed by atoms with Gasteiger partial charge in [0.1, 0.15) is 5.75 Å². The van der Waals surface area contributed by atoms with Crippen molar-refractivity contribution in [1.29, 1.82) is 0 Å². The van der Waals surface area contributed by atoms with Crippen molar-refractivity contribution < 1.29 is 14.7 Å². The van der Waals surface area contributed by atoms with Crippen LogP contribution in [0.5, 0.6) is 5.75 Å². The summed E-state index contributed by atoms with van der Waals surface area (Å²) < 4.78 is 0. The largest absolute Gasteiger partial charge is 0.507 e. The molecule has 1 aromatic carbocycles. The second-order valence-corrected chi connectivity index (χ2v) is 7.22. The predicted molar refractivity (Wildman–Crippen MR) is 91.9 cm³/mol. The molecule has 2 aliphatic heterocycles. The fraction of sp³-hybridized carbons (Fsp3) is 0.579. The smallest absolute Gasteiger partial charge is 0.257 e. The maximum Gasteiger partial charge on any atom is 0.257 e. The molecule has 1 N–H and O–H groups in total. The highest BCUT2D eigenvalue weighted by Gasteiger charge is 2.41. The molecule has 2 saturated heterocycles. The first-order valence-corrected chi connectivity index (χ1v) is 8.81. The van der Waals surface area contributed by atoms with Crippen molar-refractivity contribution in [3.63, 3.8) is 0 Å². The van der Waals surface area contributed by atoms with Crippen molar-refractivity contribution in [2.24, 2.45) is 5.41 Å². The highest BCUT2D eigenvalue weighted by atomic mass is 16.3. The monoisotopic (exact) mass is 330 g/mol. The molecule has 5 heteroatoms. The van der Waals surface area contributed by atoms with Crippen LogP contribution in [0, 0.1) is 12.3 Å². The average molecular weight is 330 g/mol. The van der Waals surface area contributed by atoms with Gasteiger partial charge in [-0.3, -0.25) is 9.59 Å².